The van der Waals surface area contributed by atoms with E-state index in [1.54, 1.807) is 13.1 Å². The van der Waals surface area contributed by atoms with Gasteiger partial charge in [-0.15, -0.1) is 0 Å². The highest BCUT2D eigenvalue weighted by molar-refractivity contribution is 5.89. The van der Waals surface area contributed by atoms with Gasteiger partial charge < -0.3 is 20.2 Å². The Bertz CT molecular complexity index is 1170. The van der Waals surface area contributed by atoms with Gasteiger partial charge in [0, 0.05) is 63.6 Å². The Morgan fingerprint density at radius 2 is 1.86 bits per heavy atom. The number of pyridine rings is 2. The highest BCUT2D eigenvalue weighted by Crippen LogP contribution is 2.35. The van der Waals surface area contributed by atoms with Gasteiger partial charge in [-0.05, 0) is 43.5 Å². The van der Waals surface area contributed by atoms with Crippen LogP contribution < -0.4 is 10.2 Å². The van der Waals surface area contributed by atoms with Crippen LogP contribution in [0.2, 0.25) is 0 Å². The average molecular weight is 477 g/mol. The van der Waals surface area contributed by atoms with E-state index in [1.807, 2.05) is 18.3 Å². The molecule has 3 aromatic heterocycles. The second-order valence-electron chi connectivity index (χ2n) is 10.8. The summed E-state index contributed by atoms with van der Waals surface area (Å²) in [6.45, 7) is 13.4. The van der Waals surface area contributed by atoms with Crippen LogP contribution in [0.3, 0.4) is 0 Å². The summed E-state index contributed by atoms with van der Waals surface area (Å²) in [4.78, 5) is 25.9. The van der Waals surface area contributed by atoms with E-state index >= 15 is 0 Å². The van der Waals surface area contributed by atoms with Crippen LogP contribution in [0.5, 0.6) is 0 Å². The fourth-order valence-corrected chi connectivity index (χ4v) is 4.80. The topological polar surface area (TPSA) is 93.5 Å². The highest BCUT2D eigenvalue weighted by atomic mass is 16.3. The number of rotatable bonds is 6. The molecule has 2 aliphatic heterocycles. The van der Waals surface area contributed by atoms with Crippen LogP contribution in [0.4, 0.5) is 17.6 Å². The van der Waals surface area contributed by atoms with Crippen molar-refractivity contribution in [2.24, 2.45) is 5.41 Å². The Kier molecular flexibility index (Phi) is 6.57. The standard InChI is InChI=1S/C26H36N8O/c1-18(35)21-13-20-15-28-25(31-23(20)24(29-21)34-8-7-26(2,3)17-34)30-22-6-5-19(14-27-22)16-33-11-9-32(4)10-12-33/h5-6,13-15,18,35H,7-12,16-17H2,1-4H3,(H,27,28,30,31)/t18-/m1/s1. The normalized spacial score (nSPS) is 19.9. The first-order chi connectivity index (χ1) is 16.8. The SMILES string of the molecule is C[C@@H](O)c1cc2cnc(Nc3ccc(CN4CCN(C)CC4)cn3)nc2c(N2CCC(C)(C)C2)n1. The fraction of sp³-hybridized carbons (Fsp3) is 0.538. The maximum Gasteiger partial charge on any atom is 0.229 e. The third kappa shape index (κ3) is 5.52. The molecule has 0 aromatic carbocycles. The molecular formula is C26H36N8O. The van der Waals surface area contributed by atoms with Crippen LogP contribution in [0, 0.1) is 5.41 Å². The number of piperazine rings is 1. The molecular weight excluding hydrogens is 440 g/mol. The van der Waals surface area contributed by atoms with Crippen molar-refractivity contribution in [3.8, 4) is 0 Å². The first kappa shape index (κ1) is 23.8. The summed E-state index contributed by atoms with van der Waals surface area (Å²) < 4.78 is 0. The average Bonchev–Trinajstić information content (AvgIpc) is 3.20. The van der Waals surface area contributed by atoms with Gasteiger partial charge in [-0.3, -0.25) is 4.90 Å². The first-order valence-electron chi connectivity index (χ1n) is 12.5. The van der Waals surface area contributed by atoms with Gasteiger partial charge in [-0.1, -0.05) is 19.9 Å². The maximum absolute atomic E-state index is 10.2. The monoisotopic (exact) mass is 476 g/mol. The van der Waals surface area contributed by atoms with E-state index in [4.69, 9.17) is 9.97 Å². The number of nitrogens with one attached hydrogen (secondary N) is 1. The van der Waals surface area contributed by atoms with Gasteiger partial charge in [0.15, 0.2) is 5.82 Å². The molecule has 1 atom stereocenters. The molecule has 2 fully saturated rings. The molecule has 9 nitrogen and oxygen atoms in total. The third-order valence-electron chi connectivity index (χ3n) is 7.04. The molecule has 0 saturated carbocycles. The van der Waals surface area contributed by atoms with Crippen molar-refractivity contribution in [2.75, 3.05) is 56.5 Å². The number of likely N-dealkylation sites (N-methyl/N-ethyl adjacent to an activating group) is 1. The van der Waals surface area contributed by atoms with Gasteiger partial charge in [0.05, 0.1) is 11.8 Å². The summed E-state index contributed by atoms with van der Waals surface area (Å²) in [6, 6.07) is 5.97. The second kappa shape index (κ2) is 9.64. The molecule has 0 radical (unpaired) electrons. The van der Waals surface area contributed by atoms with Crippen molar-refractivity contribution in [2.45, 2.75) is 39.8 Å². The Balaban J connectivity index is 1.36. The minimum absolute atomic E-state index is 0.221. The number of aromatic nitrogens is 4. The summed E-state index contributed by atoms with van der Waals surface area (Å²) in [5, 5.41) is 14.3. The molecule has 0 spiro atoms. The second-order valence-corrected chi connectivity index (χ2v) is 10.8. The lowest BCUT2D eigenvalue weighted by Gasteiger charge is -2.32. The van der Waals surface area contributed by atoms with E-state index in [-0.39, 0.29) is 5.41 Å². The van der Waals surface area contributed by atoms with Gasteiger partial charge in [-0.2, -0.15) is 0 Å². The van der Waals surface area contributed by atoms with Gasteiger partial charge in [0.2, 0.25) is 5.95 Å². The smallest absolute Gasteiger partial charge is 0.229 e. The van der Waals surface area contributed by atoms with Crippen LogP contribution in [0.25, 0.3) is 10.9 Å². The molecule has 2 saturated heterocycles. The van der Waals surface area contributed by atoms with Crippen molar-refractivity contribution < 1.29 is 5.11 Å². The number of aliphatic hydroxyl groups excluding tert-OH is 1. The van der Waals surface area contributed by atoms with Crippen molar-refractivity contribution in [1.82, 2.24) is 29.7 Å². The van der Waals surface area contributed by atoms with Gasteiger partial charge >= 0.3 is 0 Å². The molecule has 9 heteroatoms. The zero-order chi connectivity index (χ0) is 24.6. The highest BCUT2D eigenvalue weighted by Gasteiger charge is 2.31. The predicted molar refractivity (Wildman–Crippen MR) is 139 cm³/mol. The summed E-state index contributed by atoms with van der Waals surface area (Å²) >= 11 is 0. The maximum atomic E-state index is 10.2. The number of anilines is 3. The zero-order valence-electron chi connectivity index (χ0n) is 21.2. The molecule has 2 aliphatic rings. The summed E-state index contributed by atoms with van der Waals surface area (Å²) in [7, 11) is 2.17. The van der Waals surface area contributed by atoms with Gasteiger partial charge in [0.25, 0.3) is 0 Å². The minimum atomic E-state index is -0.653. The summed E-state index contributed by atoms with van der Waals surface area (Å²) in [5.41, 5.74) is 2.85. The van der Waals surface area contributed by atoms with E-state index < -0.39 is 6.10 Å². The molecule has 0 aliphatic carbocycles. The Morgan fingerprint density at radius 3 is 2.51 bits per heavy atom. The number of hydrogen-bond acceptors (Lipinski definition) is 9. The van der Waals surface area contributed by atoms with Crippen LogP contribution in [-0.4, -0.2) is 81.2 Å². The Morgan fingerprint density at radius 1 is 1.06 bits per heavy atom. The molecule has 0 bridgehead atoms. The number of fused-ring (bicyclic) bond motifs is 1. The van der Waals surface area contributed by atoms with Crippen LogP contribution in [0.1, 0.15) is 44.6 Å². The number of aliphatic hydroxyl groups is 1. The summed E-state index contributed by atoms with van der Waals surface area (Å²) in [5.74, 6) is 2.01. The van der Waals surface area contributed by atoms with E-state index in [0.717, 1.165) is 69.0 Å². The fourth-order valence-electron chi connectivity index (χ4n) is 4.80. The van der Waals surface area contributed by atoms with E-state index in [1.165, 1.54) is 5.56 Å². The molecule has 0 unspecified atom stereocenters. The Labute approximate surface area is 207 Å². The quantitative estimate of drug-likeness (QED) is 0.556. The van der Waals surface area contributed by atoms with Crippen molar-refractivity contribution >= 4 is 28.5 Å². The molecule has 35 heavy (non-hydrogen) atoms. The predicted octanol–water partition coefficient (Wildman–Crippen LogP) is 3.20. The van der Waals surface area contributed by atoms with Gasteiger partial charge in [-0.25, -0.2) is 19.9 Å². The largest absolute Gasteiger partial charge is 0.387 e. The third-order valence-corrected chi connectivity index (χ3v) is 7.04. The lowest BCUT2D eigenvalue weighted by molar-refractivity contribution is 0.148. The lowest BCUT2D eigenvalue weighted by Crippen LogP contribution is -2.43. The van der Waals surface area contributed by atoms with Crippen LogP contribution >= 0.6 is 0 Å². The molecule has 3 aromatic rings. The van der Waals surface area contributed by atoms with Crippen molar-refractivity contribution in [3.63, 3.8) is 0 Å². The van der Waals surface area contributed by atoms with Gasteiger partial charge in [0.1, 0.15) is 11.3 Å². The van der Waals surface area contributed by atoms with E-state index in [0.29, 0.717) is 17.5 Å². The molecule has 5 heterocycles. The minimum Gasteiger partial charge on any atom is -0.387 e. The number of hydrogen-bond donors (Lipinski definition) is 2. The van der Waals surface area contributed by atoms with E-state index in [9.17, 15) is 5.11 Å². The summed E-state index contributed by atoms with van der Waals surface area (Å²) in [6.07, 6.45) is 4.16. The number of nitrogens with zero attached hydrogens (tertiary/aromatic N) is 7. The molecule has 0 amide bonds. The zero-order valence-corrected chi connectivity index (χ0v) is 21.2. The molecule has 5 rings (SSSR count). The molecule has 186 valence electrons. The molecule has 2 N–H and O–H groups in total. The first-order valence-corrected chi connectivity index (χ1v) is 12.5. The van der Waals surface area contributed by atoms with Crippen LogP contribution in [0.15, 0.2) is 30.6 Å². The van der Waals surface area contributed by atoms with E-state index in [2.05, 4.69) is 56.9 Å². The lowest BCUT2D eigenvalue weighted by atomic mass is 9.93. The Hall–Kier alpha value is -2.88. The van der Waals surface area contributed by atoms with Crippen LogP contribution in [-0.2, 0) is 6.54 Å². The van der Waals surface area contributed by atoms with Crippen molar-refractivity contribution in [1.29, 1.82) is 0 Å². The van der Waals surface area contributed by atoms with Crippen molar-refractivity contribution in [3.05, 3.63) is 41.9 Å².